The molecule has 0 aliphatic heterocycles. The maximum atomic E-state index is 11.5. The molecule has 0 spiro atoms. The van der Waals surface area contributed by atoms with E-state index in [4.69, 9.17) is 9.47 Å². The van der Waals surface area contributed by atoms with Crippen molar-refractivity contribution in [3.63, 3.8) is 0 Å². The fourth-order valence-corrected chi connectivity index (χ4v) is 1.17. The molecule has 0 amide bonds. The molecule has 0 atom stereocenters. The highest BCUT2D eigenvalue weighted by atomic mass is 16.5. The van der Waals surface area contributed by atoms with Gasteiger partial charge in [-0.3, -0.25) is 4.79 Å². The average molecular weight is 194 g/mol. The van der Waals surface area contributed by atoms with Crippen LogP contribution in [-0.4, -0.2) is 20.0 Å². The van der Waals surface area contributed by atoms with Crippen LogP contribution < -0.4 is 0 Å². The summed E-state index contributed by atoms with van der Waals surface area (Å²) < 4.78 is 9.94. The number of carbonyl (C=O) groups is 1. The zero-order chi connectivity index (χ0) is 10.7. The number of hydrogen-bond acceptors (Lipinski definition) is 3. The van der Waals surface area contributed by atoms with Crippen molar-refractivity contribution in [1.82, 2.24) is 0 Å². The van der Waals surface area contributed by atoms with Crippen LogP contribution in [0.5, 0.6) is 0 Å². The third kappa shape index (κ3) is 1.87. The minimum Gasteiger partial charge on any atom is -0.492 e. The molecular formula is C11H14O3. The SMILES string of the molecule is COC1=CC(=C(C)C)C=C(OC)C1=O. The summed E-state index contributed by atoms with van der Waals surface area (Å²) >= 11 is 0. The van der Waals surface area contributed by atoms with E-state index in [0.29, 0.717) is 11.5 Å². The van der Waals surface area contributed by atoms with Crippen LogP contribution in [-0.2, 0) is 14.3 Å². The summed E-state index contributed by atoms with van der Waals surface area (Å²) in [6, 6.07) is 0. The minimum atomic E-state index is -0.208. The molecule has 3 heteroatoms. The maximum absolute atomic E-state index is 11.5. The van der Waals surface area contributed by atoms with Gasteiger partial charge in [-0.2, -0.15) is 0 Å². The maximum Gasteiger partial charge on any atom is 0.261 e. The van der Waals surface area contributed by atoms with Crippen LogP contribution in [0.25, 0.3) is 0 Å². The normalized spacial score (nSPS) is 16.0. The number of Topliss-reactive ketones (excluding diaryl/α,β-unsaturated/α-hetero) is 1. The van der Waals surface area contributed by atoms with Crippen LogP contribution >= 0.6 is 0 Å². The molecule has 1 rings (SSSR count). The van der Waals surface area contributed by atoms with Crippen LogP contribution in [0.4, 0.5) is 0 Å². The quantitative estimate of drug-likeness (QED) is 0.674. The topological polar surface area (TPSA) is 35.5 Å². The Hall–Kier alpha value is -1.51. The van der Waals surface area contributed by atoms with Crippen molar-refractivity contribution in [2.45, 2.75) is 13.8 Å². The fourth-order valence-electron chi connectivity index (χ4n) is 1.17. The van der Waals surface area contributed by atoms with Gasteiger partial charge in [-0.25, -0.2) is 0 Å². The summed E-state index contributed by atoms with van der Waals surface area (Å²) in [5.74, 6) is 0.432. The largest absolute Gasteiger partial charge is 0.492 e. The first-order valence-corrected chi connectivity index (χ1v) is 4.33. The molecule has 0 aromatic carbocycles. The Morgan fingerprint density at radius 3 is 1.79 bits per heavy atom. The summed E-state index contributed by atoms with van der Waals surface area (Å²) in [4.78, 5) is 11.5. The second-order valence-electron chi connectivity index (χ2n) is 3.21. The Morgan fingerprint density at radius 1 is 1.07 bits per heavy atom. The van der Waals surface area contributed by atoms with E-state index < -0.39 is 0 Å². The zero-order valence-electron chi connectivity index (χ0n) is 8.88. The van der Waals surface area contributed by atoms with E-state index in [1.54, 1.807) is 12.2 Å². The summed E-state index contributed by atoms with van der Waals surface area (Å²) in [5.41, 5.74) is 2.07. The molecule has 0 unspecified atom stereocenters. The number of rotatable bonds is 2. The first-order valence-electron chi connectivity index (χ1n) is 4.33. The summed E-state index contributed by atoms with van der Waals surface area (Å²) in [6.07, 6.45) is 3.44. The number of carbonyl (C=O) groups excluding carboxylic acids is 1. The van der Waals surface area contributed by atoms with E-state index in [1.807, 2.05) is 13.8 Å². The van der Waals surface area contributed by atoms with Gasteiger partial charge in [0.25, 0.3) is 5.78 Å². The molecular weight excluding hydrogens is 180 g/mol. The molecule has 76 valence electrons. The van der Waals surface area contributed by atoms with Crippen molar-refractivity contribution < 1.29 is 14.3 Å². The number of allylic oxidation sites excluding steroid dienone is 4. The monoisotopic (exact) mass is 194 g/mol. The Labute approximate surface area is 83.7 Å². The summed E-state index contributed by atoms with van der Waals surface area (Å²) in [6.45, 7) is 3.94. The van der Waals surface area contributed by atoms with Gasteiger partial charge in [0, 0.05) is 0 Å². The molecule has 0 radical (unpaired) electrons. The summed E-state index contributed by atoms with van der Waals surface area (Å²) in [5, 5.41) is 0. The van der Waals surface area contributed by atoms with E-state index in [9.17, 15) is 4.79 Å². The predicted molar refractivity (Wildman–Crippen MR) is 53.6 cm³/mol. The molecule has 0 aromatic heterocycles. The first-order chi connectivity index (χ1) is 6.60. The van der Waals surface area contributed by atoms with Crippen LogP contribution in [0.2, 0.25) is 0 Å². The van der Waals surface area contributed by atoms with Crippen molar-refractivity contribution in [2.24, 2.45) is 0 Å². The molecule has 0 N–H and O–H groups in total. The smallest absolute Gasteiger partial charge is 0.261 e. The third-order valence-corrected chi connectivity index (χ3v) is 2.04. The van der Waals surface area contributed by atoms with Crippen molar-refractivity contribution >= 4 is 5.78 Å². The average Bonchev–Trinajstić information content (AvgIpc) is 2.17. The van der Waals surface area contributed by atoms with E-state index in [2.05, 4.69) is 0 Å². The zero-order valence-corrected chi connectivity index (χ0v) is 8.88. The molecule has 1 aliphatic carbocycles. The standard InChI is InChI=1S/C11H14O3/c1-7(2)8-5-9(13-3)11(12)10(6-8)14-4/h5-6H,1-4H3. The molecule has 0 saturated heterocycles. The number of ketones is 1. The van der Waals surface area contributed by atoms with Crippen molar-refractivity contribution in [1.29, 1.82) is 0 Å². The predicted octanol–water partition coefficient (Wildman–Crippen LogP) is 1.97. The van der Waals surface area contributed by atoms with E-state index in [-0.39, 0.29) is 5.78 Å². The van der Waals surface area contributed by atoms with Gasteiger partial charge in [0.15, 0.2) is 11.5 Å². The number of ether oxygens (including phenoxy) is 2. The van der Waals surface area contributed by atoms with Crippen molar-refractivity contribution in [3.05, 3.63) is 34.8 Å². The van der Waals surface area contributed by atoms with Gasteiger partial charge in [0.05, 0.1) is 14.2 Å². The Morgan fingerprint density at radius 2 is 1.50 bits per heavy atom. The lowest BCUT2D eigenvalue weighted by atomic mass is 10.0. The molecule has 3 nitrogen and oxygen atoms in total. The van der Waals surface area contributed by atoms with Gasteiger partial charge in [-0.1, -0.05) is 5.57 Å². The second-order valence-corrected chi connectivity index (χ2v) is 3.21. The highest BCUT2D eigenvalue weighted by Gasteiger charge is 2.21. The van der Waals surface area contributed by atoms with Crippen molar-refractivity contribution in [2.75, 3.05) is 14.2 Å². The van der Waals surface area contributed by atoms with Crippen LogP contribution in [0.3, 0.4) is 0 Å². The van der Waals surface area contributed by atoms with Gasteiger partial charge in [0.1, 0.15) is 0 Å². The van der Waals surface area contributed by atoms with Gasteiger partial charge >= 0.3 is 0 Å². The number of methoxy groups -OCH3 is 2. The lowest BCUT2D eigenvalue weighted by Crippen LogP contribution is -2.13. The Kier molecular flexibility index (Phi) is 3.12. The van der Waals surface area contributed by atoms with Crippen LogP contribution in [0.1, 0.15) is 13.8 Å². The molecule has 0 fully saturated rings. The lowest BCUT2D eigenvalue weighted by molar-refractivity contribution is -0.117. The minimum absolute atomic E-state index is 0.208. The highest BCUT2D eigenvalue weighted by Crippen LogP contribution is 2.21. The highest BCUT2D eigenvalue weighted by molar-refractivity contribution is 6.07. The first kappa shape index (κ1) is 10.6. The second kappa shape index (κ2) is 4.13. The summed E-state index contributed by atoms with van der Waals surface area (Å²) in [7, 11) is 2.95. The third-order valence-electron chi connectivity index (χ3n) is 2.04. The van der Waals surface area contributed by atoms with Gasteiger partial charge in [0.2, 0.25) is 0 Å². The molecule has 0 saturated carbocycles. The van der Waals surface area contributed by atoms with Gasteiger partial charge < -0.3 is 9.47 Å². The molecule has 0 aromatic rings. The molecule has 1 aliphatic rings. The van der Waals surface area contributed by atoms with E-state index in [0.717, 1.165) is 11.1 Å². The van der Waals surface area contributed by atoms with Crippen LogP contribution in [0, 0.1) is 0 Å². The Balaban J connectivity index is 3.16. The molecule has 0 bridgehead atoms. The molecule has 0 heterocycles. The van der Waals surface area contributed by atoms with Crippen LogP contribution in [0.15, 0.2) is 34.8 Å². The fraction of sp³-hybridized carbons (Fsp3) is 0.364. The van der Waals surface area contributed by atoms with Crippen molar-refractivity contribution in [3.8, 4) is 0 Å². The van der Waals surface area contributed by atoms with Gasteiger partial charge in [-0.15, -0.1) is 0 Å². The number of hydrogen-bond donors (Lipinski definition) is 0. The van der Waals surface area contributed by atoms with E-state index >= 15 is 0 Å². The van der Waals surface area contributed by atoms with E-state index in [1.165, 1.54) is 14.2 Å². The van der Waals surface area contributed by atoms with Gasteiger partial charge in [-0.05, 0) is 31.6 Å². The molecule has 14 heavy (non-hydrogen) atoms. The lowest BCUT2D eigenvalue weighted by Gasteiger charge is -2.14. The Bertz CT molecular complexity index is 316.